The predicted molar refractivity (Wildman–Crippen MR) is 60.7 cm³/mol. The summed E-state index contributed by atoms with van der Waals surface area (Å²) in [7, 11) is 0. The van der Waals surface area contributed by atoms with E-state index in [1.807, 2.05) is 27.7 Å². The molecule has 6 nitrogen and oxygen atoms in total. The zero-order valence-corrected chi connectivity index (χ0v) is 11.9. The Morgan fingerprint density at radius 3 is 1.17 bits per heavy atom. The second-order valence-corrected chi connectivity index (χ2v) is 6.64. The second kappa shape index (κ2) is 4.13. The maximum absolute atomic E-state index is 5.35. The van der Waals surface area contributed by atoms with Gasteiger partial charge in [-0.1, -0.05) is 0 Å². The lowest BCUT2D eigenvalue weighted by atomic mass is 10.0. The van der Waals surface area contributed by atoms with Gasteiger partial charge in [-0.05, 0) is 41.5 Å². The highest BCUT2D eigenvalue weighted by Gasteiger charge is 2.50. The Kier molecular flexibility index (Phi) is 3.25. The quantitative estimate of drug-likeness (QED) is 0.575. The highest BCUT2D eigenvalue weighted by molar-refractivity contribution is 4.82. The summed E-state index contributed by atoms with van der Waals surface area (Å²) in [5.41, 5.74) is -0.795. The molecule has 106 valence electrons. The molecule has 0 aromatic heterocycles. The molecule has 0 spiro atoms. The Hall–Kier alpha value is -0.240. The molecule has 0 N–H and O–H groups in total. The summed E-state index contributed by atoms with van der Waals surface area (Å²) in [6.45, 7) is 11.2. The number of hydrogen-bond acceptors (Lipinski definition) is 6. The predicted octanol–water partition coefficient (Wildman–Crippen LogP) is 2.63. The third-order valence-electron chi connectivity index (χ3n) is 2.77. The molecule has 6 heteroatoms. The SMILES string of the molecule is CC1(C)CC(C)(OOC2(C)CC(C)(C)OO2)OO1. The minimum Gasteiger partial charge on any atom is -0.227 e. The molecular formula is C12H22O6. The van der Waals surface area contributed by atoms with Crippen LogP contribution in [-0.4, -0.2) is 22.8 Å². The lowest BCUT2D eigenvalue weighted by Gasteiger charge is -2.26. The van der Waals surface area contributed by atoms with Crippen molar-refractivity contribution >= 4 is 0 Å². The zero-order chi connectivity index (χ0) is 13.7. The van der Waals surface area contributed by atoms with Gasteiger partial charge < -0.3 is 0 Å². The molecular weight excluding hydrogens is 240 g/mol. The monoisotopic (exact) mass is 262 g/mol. The fraction of sp³-hybridized carbons (Fsp3) is 1.00. The van der Waals surface area contributed by atoms with Gasteiger partial charge >= 0.3 is 0 Å². The number of rotatable bonds is 3. The summed E-state index contributed by atoms with van der Waals surface area (Å²) in [4.78, 5) is 31.4. The van der Waals surface area contributed by atoms with Crippen LogP contribution in [0, 0.1) is 0 Å². The van der Waals surface area contributed by atoms with Crippen molar-refractivity contribution in [3.05, 3.63) is 0 Å². The van der Waals surface area contributed by atoms with Crippen molar-refractivity contribution in [3.8, 4) is 0 Å². The summed E-state index contributed by atoms with van der Waals surface area (Å²) in [6.07, 6.45) is 1.11. The van der Waals surface area contributed by atoms with Gasteiger partial charge in [-0.25, -0.2) is 9.78 Å². The van der Waals surface area contributed by atoms with Crippen LogP contribution >= 0.6 is 0 Å². The molecule has 0 bridgehead atoms. The topological polar surface area (TPSA) is 55.4 Å². The molecule has 18 heavy (non-hydrogen) atoms. The van der Waals surface area contributed by atoms with Crippen molar-refractivity contribution < 1.29 is 29.3 Å². The van der Waals surface area contributed by atoms with Crippen LogP contribution in [0.15, 0.2) is 0 Å². The van der Waals surface area contributed by atoms with Crippen LogP contribution in [0.1, 0.15) is 54.4 Å². The maximum atomic E-state index is 5.35. The summed E-state index contributed by atoms with van der Waals surface area (Å²) < 4.78 is 0. The zero-order valence-electron chi connectivity index (χ0n) is 11.9. The van der Waals surface area contributed by atoms with E-state index in [2.05, 4.69) is 0 Å². The van der Waals surface area contributed by atoms with Gasteiger partial charge in [-0.3, -0.25) is 0 Å². The Labute approximate surface area is 107 Å². The molecule has 2 fully saturated rings. The molecule has 2 saturated heterocycles. The first kappa shape index (κ1) is 14.2. The van der Waals surface area contributed by atoms with E-state index in [4.69, 9.17) is 29.3 Å². The molecule has 2 aliphatic rings. The van der Waals surface area contributed by atoms with Crippen LogP contribution in [0.4, 0.5) is 0 Å². The summed E-state index contributed by atoms with van der Waals surface area (Å²) in [5, 5.41) is 0. The Bertz CT molecular complexity index is 297. The van der Waals surface area contributed by atoms with E-state index in [9.17, 15) is 0 Å². The third-order valence-corrected chi connectivity index (χ3v) is 2.77. The van der Waals surface area contributed by atoms with Crippen molar-refractivity contribution in [2.75, 3.05) is 0 Å². The van der Waals surface area contributed by atoms with E-state index in [0.717, 1.165) is 0 Å². The van der Waals surface area contributed by atoms with Gasteiger partial charge in [0, 0.05) is 12.8 Å². The highest BCUT2D eigenvalue weighted by atomic mass is 17.4. The average molecular weight is 262 g/mol. The van der Waals surface area contributed by atoms with Crippen molar-refractivity contribution in [1.82, 2.24) is 0 Å². The first-order valence-electron chi connectivity index (χ1n) is 6.14. The van der Waals surface area contributed by atoms with Crippen molar-refractivity contribution in [3.63, 3.8) is 0 Å². The first-order chi connectivity index (χ1) is 8.04. The molecule has 2 rings (SSSR count). The van der Waals surface area contributed by atoms with Crippen molar-refractivity contribution in [1.29, 1.82) is 0 Å². The Morgan fingerprint density at radius 1 is 0.611 bits per heavy atom. The fourth-order valence-electron chi connectivity index (χ4n) is 2.33. The Morgan fingerprint density at radius 2 is 0.944 bits per heavy atom. The highest BCUT2D eigenvalue weighted by Crippen LogP contribution is 2.40. The standard InChI is InChI=1S/C12H22O6/c1-9(2)7-11(5,15-13-9)17-18-12(6)8-10(3,4)14-16-12/h7-8H2,1-6H3. The van der Waals surface area contributed by atoms with Gasteiger partial charge in [0.05, 0.1) is 0 Å². The maximum Gasteiger partial charge on any atom is 0.234 e. The molecule has 0 radical (unpaired) electrons. The van der Waals surface area contributed by atoms with Gasteiger partial charge in [0.2, 0.25) is 11.6 Å². The molecule has 0 saturated carbocycles. The van der Waals surface area contributed by atoms with Gasteiger partial charge in [-0.15, -0.1) is 0 Å². The Balaban J connectivity index is 1.89. The smallest absolute Gasteiger partial charge is 0.227 e. The molecule has 2 atom stereocenters. The lowest BCUT2D eigenvalue weighted by Crippen LogP contribution is -2.37. The van der Waals surface area contributed by atoms with E-state index in [0.29, 0.717) is 12.8 Å². The fourth-order valence-corrected chi connectivity index (χ4v) is 2.33. The largest absolute Gasteiger partial charge is 0.234 e. The molecule has 0 amide bonds. The average Bonchev–Trinajstić information content (AvgIpc) is 2.63. The number of hydrogen-bond donors (Lipinski definition) is 0. The molecule has 2 aliphatic heterocycles. The molecule has 0 aromatic carbocycles. The normalized spacial score (nSPS) is 42.3. The molecule has 2 heterocycles. The van der Waals surface area contributed by atoms with Crippen LogP contribution in [0.5, 0.6) is 0 Å². The van der Waals surface area contributed by atoms with Crippen LogP contribution in [0.2, 0.25) is 0 Å². The summed E-state index contributed by atoms with van der Waals surface area (Å²) >= 11 is 0. The molecule has 0 aliphatic carbocycles. The minimum absolute atomic E-state index is 0.398. The third kappa shape index (κ3) is 3.20. The lowest BCUT2D eigenvalue weighted by molar-refractivity contribution is -0.546. The van der Waals surface area contributed by atoms with E-state index < -0.39 is 22.8 Å². The second-order valence-electron chi connectivity index (χ2n) is 6.64. The van der Waals surface area contributed by atoms with E-state index in [1.165, 1.54) is 0 Å². The summed E-state index contributed by atoms with van der Waals surface area (Å²) in [6, 6.07) is 0. The van der Waals surface area contributed by atoms with Crippen LogP contribution in [-0.2, 0) is 29.3 Å². The molecule has 0 aromatic rings. The van der Waals surface area contributed by atoms with E-state index >= 15 is 0 Å². The van der Waals surface area contributed by atoms with Crippen LogP contribution in [0.25, 0.3) is 0 Å². The van der Waals surface area contributed by atoms with Crippen molar-refractivity contribution in [2.24, 2.45) is 0 Å². The molecule has 2 unspecified atom stereocenters. The van der Waals surface area contributed by atoms with Gasteiger partial charge in [0.15, 0.2) is 0 Å². The van der Waals surface area contributed by atoms with Gasteiger partial charge in [0.1, 0.15) is 11.2 Å². The summed E-state index contributed by atoms with van der Waals surface area (Å²) in [5.74, 6) is -1.88. The van der Waals surface area contributed by atoms with Crippen LogP contribution < -0.4 is 0 Å². The van der Waals surface area contributed by atoms with Gasteiger partial charge in [0.25, 0.3) is 0 Å². The van der Waals surface area contributed by atoms with Crippen LogP contribution in [0.3, 0.4) is 0 Å². The van der Waals surface area contributed by atoms with E-state index in [-0.39, 0.29) is 0 Å². The minimum atomic E-state index is -0.942. The van der Waals surface area contributed by atoms with Crippen molar-refractivity contribution in [2.45, 2.75) is 77.2 Å². The van der Waals surface area contributed by atoms with E-state index in [1.54, 1.807) is 13.8 Å². The van der Waals surface area contributed by atoms with Gasteiger partial charge in [-0.2, -0.15) is 19.6 Å². The first-order valence-corrected chi connectivity index (χ1v) is 6.14.